The summed E-state index contributed by atoms with van der Waals surface area (Å²) in [5.74, 6) is 0.515. The zero-order chi connectivity index (χ0) is 17.2. The van der Waals surface area contributed by atoms with Crippen LogP contribution in [0.2, 0.25) is 10.0 Å². The summed E-state index contributed by atoms with van der Waals surface area (Å²) in [7, 11) is -3.09. The van der Waals surface area contributed by atoms with Gasteiger partial charge in [-0.05, 0) is 24.6 Å². The first-order valence-electron chi connectivity index (χ1n) is 7.13. The molecule has 6 nitrogen and oxygen atoms in total. The van der Waals surface area contributed by atoms with Gasteiger partial charge in [0.05, 0.1) is 12.3 Å². The molecule has 1 saturated heterocycles. The van der Waals surface area contributed by atoms with Crippen LogP contribution in [-0.2, 0) is 10.0 Å². The molecule has 24 heavy (non-hydrogen) atoms. The van der Waals surface area contributed by atoms with Crippen LogP contribution in [-0.4, -0.2) is 44.6 Å². The molecule has 1 aromatic rings. The fourth-order valence-corrected chi connectivity index (χ4v) is 3.87. The van der Waals surface area contributed by atoms with Crippen LogP contribution in [0, 0.1) is 5.92 Å². The SMILES string of the molecule is CC(NC(N)=NCC1CN(S(C)(=O)=O)C1)c1ccc(Cl)cc1Cl.I. The number of aliphatic imine (C=N–C) groups is 1. The van der Waals surface area contributed by atoms with Crippen molar-refractivity contribution in [2.45, 2.75) is 13.0 Å². The number of nitrogens with two attached hydrogens (primary N) is 1. The second-order valence-corrected chi connectivity index (χ2v) is 8.53. The number of nitrogens with one attached hydrogen (secondary N) is 1. The third-order valence-electron chi connectivity index (χ3n) is 3.71. The van der Waals surface area contributed by atoms with E-state index in [0.717, 1.165) is 5.56 Å². The maximum Gasteiger partial charge on any atom is 0.211 e. The van der Waals surface area contributed by atoms with E-state index in [1.54, 1.807) is 12.1 Å². The predicted octanol–water partition coefficient (Wildman–Crippen LogP) is 2.47. The number of nitrogens with zero attached hydrogens (tertiary/aromatic N) is 2. The van der Waals surface area contributed by atoms with Gasteiger partial charge in [0.1, 0.15) is 0 Å². The molecule has 0 radical (unpaired) electrons. The van der Waals surface area contributed by atoms with E-state index in [1.807, 2.05) is 13.0 Å². The van der Waals surface area contributed by atoms with Crippen LogP contribution in [0.1, 0.15) is 18.5 Å². The molecule has 1 unspecified atom stereocenters. The molecule has 0 aromatic heterocycles. The molecule has 0 spiro atoms. The minimum atomic E-state index is -3.09. The van der Waals surface area contributed by atoms with Crippen LogP contribution in [0.3, 0.4) is 0 Å². The van der Waals surface area contributed by atoms with Crippen molar-refractivity contribution in [1.82, 2.24) is 9.62 Å². The van der Waals surface area contributed by atoms with Crippen LogP contribution in [0.25, 0.3) is 0 Å². The van der Waals surface area contributed by atoms with E-state index in [0.29, 0.717) is 35.6 Å². The lowest BCUT2D eigenvalue weighted by atomic mass is 10.0. The van der Waals surface area contributed by atoms with Crippen LogP contribution in [0.4, 0.5) is 0 Å². The van der Waals surface area contributed by atoms with E-state index in [-0.39, 0.29) is 35.9 Å². The Labute approximate surface area is 169 Å². The predicted molar refractivity (Wildman–Crippen MR) is 110 cm³/mol. The van der Waals surface area contributed by atoms with Gasteiger partial charge in [0.15, 0.2) is 5.96 Å². The molecule has 1 aliphatic rings. The van der Waals surface area contributed by atoms with Gasteiger partial charge in [-0.25, -0.2) is 12.7 Å². The van der Waals surface area contributed by atoms with E-state index in [2.05, 4.69) is 10.3 Å². The Morgan fingerprint density at radius 1 is 1.46 bits per heavy atom. The van der Waals surface area contributed by atoms with E-state index in [4.69, 9.17) is 28.9 Å². The van der Waals surface area contributed by atoms with Crippen molar-refractivity contribution in [2.24, 2.45) is 16.6 Å². The number of hydrogen-bond donors (Lipinski definition) is 2. The Bertz CT molecular complexity index is 709. The molecule has 2 rings (SSSR count). The van der Waals surface area contributed by atoms with Crippen molar-refractivity contribution in [3.63, 3.8) is 0 Å². The summed E-state index contributed by atoms with van der Waals surface area (Å²) < 4.78 is 24.0. The lowest BCUT2D eigenvalue weighted by Crippen LogP contribution is -2.50. The number of halogens is 3. The molecule has 10 heteroatoms. The van der Waals surface area contributed by atoms with Crippen LogP contribution < -0.4 is 11.1 Å². The summed E-state index contributed by atoms with van der Waals surface area (Å²) in [6, 6.07) is 5.17. The largest absolute Gasteiger partial charge is 0.370 e. The smallest absolute Gasteiger partial charge is 0.211 e. The first-order valence-corrected chi connectivity index (χ1v) is 9.73. The normalized spacial score (nSPS) is 17.8. The molecule has 1 heterocycles. The van der Waals surface area contributed by atoms with E-state index < -0.39 is 10.0 Å². The minimum absolute atomic E-state index is 0. The van der Waals surface area contributed by atoms with Crippen molar-refractivity contribution >= 4 is 63.2 Å². The number of sulfonamides is 1. The van der Waals surface area contributed by atoms with Gasteiger partial charge in [0.2, 0.25) is 10.0 Å². The van der Waals surface area contributed by atoms with Crippen molar-refractivity contribution in [1.29, 1.82) is 0 Å². The molecule has 1 aromatic carbocycles. The maximum absolute atomic E-state index is 11.3. The third kappa shape index (κ3) is 5.91. The molecule has 0 saturated carbocycles. The Kier molecular flexibility index (Phi) is 8.05. The molecule has 0 amide bonds. The highest BCUT2D eigenvalue weighted by molar-refractivity contribution is 14.0. The first-order chi connectivity index (χ1) is 10.7. The Hall–Kier alpha value is -0.290. The second kappa shape index (κ2) is 8.88. The van der Waals surface area contributed by atoms with Crippen molar-refractivity contribution in [2.75, 3.05) is 25.9 Å². The maximum atomic E-state index is 11.3. The van der Waals surface area contributed by atoms with Gasteiger partial charge in [0, 0.05) is 35.6 Å². The number of hydrogen-bond acceptors (Lipinski definition) is 3. The first kappa shape index (κ1) is 21.8. The summed E-state index contributed by atoms with van der Waals surface area (Å²) in [6.45, 7) is 3.40. The minimum Gasteiger partial charge on any atom is -0.370 e. The average Bonchev–Trinajstić information content (AvgIpc) is 2.34. The zero-order valence-corrected chi connectivity index (χ0v) is 18.0. The molecule has 3 N–H and O–H groups in total. The Balaban J connectivity index is 0.00000288. The van der Waals surface area contributed by atoms with Crippen molar-refractivity contribution in [3.8, 4) is 0 Å². The number of rotatable bonds is 5. The zero-order valence-electron chi connectivity index (χ0n) is 13.4. The number of guanidine groups is 1. The van der Waals surface area contributed by atoms with Crippen molar-refractivity contribution < 1.29 is 8.42 Å². The monoisotopic (exact) mass is 506 g/mol. The second-order valence-electron chi connectivity index (χ2n) is 5.70. The fraction of sp³-hybridized carbons (Fsp3) is 0.500. The highest BCUT2D eigenvalue weighted by atomic mass is 127. The van der Waals surface area contributed by atoms with Gasteiger partial charge in [-0.2, -0.15) is 0 Å². The quantitative estimate of drug-likeness (QED) is 0.365. The van der Waals surface area contributed by atoms with Crippen molar-refractivity contribution in [3.05, 3.63) is 33.8 Å². The van der Waals surface area contributed by atoms with E-state index >= 15 is 0 Å². The molecular weight excluding hydrogens is 486 g/mol. The van der Waals surface area contributed by atoms with Gasteiger partial charge in [-0.1, -0.05) is 29.3 Å². The lowest BCUT2D eigenvalue weighted by molar-refractivity contribution is 0.209. The standard InChI is InChI=1S/C14H20Cl2N4O2S.HI/c1-9(12-4-3-11(15)5-13(12)16)19-14(17)18-6-10-7-20(8-10)23(2,21)22;/h3-5,9-10H,6-8H2,1-2H3,(H3,17,18,19);1H. The molecule has 0 aliphatic carbocycles. The highest BCUT2D eigenvalue weighted by Gasteiger charge is 2.32. The number of benzene rings is 1. The average molecular weight is 507 g/mol. The summed E-state index contributed by atoms with van der Waals surface area (Å²) >= 11 is 12.0. The van der Waals surface area contributed by atoms with Gasteiger partial charge in [-0.3, -0.25) is 4.99 Å². The summed E-state index contributed by atoms with van der Waals surface area (Å²) in [5, 5.41) is 4.21. The van der Waals surface area contributed by atoms with Crippen LogP contribution >= 0.6 is 47.2 Å². The topological polar surface area (TPSA) is 87.8 Å². The molecule has 1 aliphatic heterocycles. The summed E-state index contributed by atoms with van der Waals surface area (Å²) in [5.41, 5.74) is 6.75. The van der Waals surface area contributed by atoms with E-state index in [1.165, 1.54) is 10.6 Å². The van der Waals surface area contributed by atoms with E-state index in [9.17, 15) is 8.42 Å². The lowest BCUT2D eigenvalue weighted by Gasteiger charge is -2.36. The van der Waals surface area contributed by atoms with Crippen LogP contribution in [0.5, 0.6) is 0 Å². The van der Waals surface area contributed by atoms with Crippen LogP contribution in [0.15, 0.2) is 23.2 Å². The summed E-state index contributed by atoms with van der Waals surface area (Å²) in [4.78, 5) is 4.27. The molecule has 136 valence electrons. The third-order valence-corrected chi connectivity index (χ3v) is 5.50. The Morgan fingerprint density at radius 3 is 2.62 bits per heavy atom. The molecular formula is C14H21Cl2IN4O2S. The molecule has 0 bridgehead atoms. The summed E-state index contributed by atoms with van der Waals surface area (Å²) in [6.07, 6.45) is 1.21. The van der Waals surface area contributed by atoms with Gasteiger partial charge in [0.25, 0.3) is 0 Å². The van der Waals surface area contributed by atoms with Gasteiger partial charge < -0.3 is 11.1 Å². The van der Waals surface area contributed by atoms with Gasteiger partial charge >= 0.3 is 0 Å². The molecule has 1 fully saturated rings. The highest BCUT2D eigenvalue weighted by Crippen LogP contribution is 2.26. The Morgan fingerprint density at radius 2 is 2.08 bits per heavy atom. The van der Waals surface area contributed by atoms with Gasteiger partial charge in [-0.15, -0.1) is 24.0 Å². The molecule has 1 atom stereocenters. The fourth-order valence-electron chi connectivity index (χ4n) is 2.33.